The number of ether oxygens (including phenoxy) is 2. The van der Waals surface area contributed by atoms with Crippen molar-refractivity contribution in [2.75, 3.05) is 19.9 Å². The number of likely N-dealkylation sites (tertiary alicyclic amines) is 1. The lowest BCUT2D eigenvalue weighted by Crippen LogP contribution is -2.27. The van der Waals surface area contributed by atoms with Crippen LogP contribution in [-0.4, -0.2) is 30.7 Å². The molecule has 0 saturated carbocycles. The van der Waals surface area contributed by atoms with Gasteiger partial charge in [-0.1, -0.05) is 18.9 Å². The molecular weight excluding hydrogens is 278 g/mol. The molecule has 4 heteroatoms. The van der Waals surface area contributed by atoms with Crippen molar-refractivity contribution in [2.45, 2.75) is 51.4 Å². The SMILES string of the molecule is O=C(CCCCCCc1ccc2c(c1)OCO2)N1CCCC1. The van der Waals surface area contributed by atoms with Gasteiger partial charge in [-0.25, -0.2) is 0 Å². The molecule has 0 bridgehead atoms. The number of carbonyl (C=O) groups is 1. The molecule has 120 valence electrons. The van der Waals surface area contributed by atoms with Crippen LogP contribution in [0.2, 0.25) is 0 Å². The highest BCUT2D eigenvalue weighted by molar-refractivity contribution is 5.76. The van der Waals surface area contributed by atoms with Crippen molar-refractivity contribution in [3.05, 3.63) is 23.8 Å². The third-order valence-electron chi connectivity index (χ3n) is 4.50. The second kappa shape index (κ2) is 7.52. The van der Waals surface area contributed by atoms with E-state index < -0.39 is 0 Å². The van der Waals surface area contributed by atoms with E-state index in [2.05, 4.69) is 12.1 Å². The summed E-state index contributed by atoms with van der Waals surface area (Å²) in [4.78, 5) is 13.9. The summed E-state index contributed by atoms with van der Waals surface area (Å²) in [7, 11) is 0. The maximum atomic E-state index is 11.9. The van der Waals surface area contributed by atoms with E-state index >= 15 is 0 Å². The minimum absolute atomic E-state index is 0.337. The van der Waals surface area contributed by atoms with E-state index in [4.69, 9.17) is 9.47 Å². The van der Waals surface area contributed by atoms with Gasteiger partial charge >= 0.3 is 0 Å². The number of fused-ring (bicyclic) bond motifs is 1. The second-order valence-corrected chi connectivity index (χ2v) is 6.19. The van der Waals surface area contributed by atoms with Gasteiger partial charge in [0.05, 0.1) is 0 Å². The zero-order valence-electron chi connectivity index (χ0n) is 13.2. The maximum Gasteiger partial charge on any atom is 0.231 e. The third-order valence-corrected chi connectivity index (χ3v) is 4.50. The fourth-order valence-corrected chi connectivity index (χ4v) is 3.18. The van der Waals surface area contributed by atoms with Gasteiger partial charge in [0.1, 0.15) is 0 Å². The molecule has 3 rings (SSSR count). The number of nitrogens with zero attached hydrogens (tertiary/aromatic N) is 1. The molecule has 2 aliphatic heterocycles. The van der Waals surface area contributed by atoms with Gasteiger partial charge in [0.2, 0.25) is 12.7 Å². The number of amides is 1. The first kappa shape index (κ1) is 15.2. The first-order chi connectivity index (χ1) is 10.8. The van der Waals surface area contributed by atoms with Crippen molar-refractivity contribution in [1.82, 2.24) is 4.90 Å². The molecule has 1 amide bonds. The minimum atomic E-state index is 0.337. The first-order valence-electron chi connectivity index (χ1n) is 8.49. The van der Waals surface area contributed by atoms with Crippen LogP contribution in [0.4, 0.5) is 0 Å². The van der Waals surface area contributed by atoms with Crippen LogP contribution in [0.5, 0.6) is 11.5 Å². The molecule has 1 aromatic rings. The van der Waals surface area contributed by atoms with Crippen LogP contribution in [-0.2, 0) is 11.2 Å². The van der Waals surface area contributed by atoms with Gasteiger partial charge in [0.15, 0.2) is 11.5 Å². The Morgan fingerprint density at radius 3 is 2.64 bits per heavy atom. The summed E-state index contributed by atoms with van der Waals surface area (Å²) < 4.78 is 10.7. The van der Waals surface area contributed by atoms with Crippen LogP contribution in [0.25, 0.3) is 0 Å². The van der Waals surface area contributed by atoms with Crippen LogP contribution in [0.3, 0.4) is 0 Å². The number of unbranched alkanes of at least 4 members (excludes halogenated alkanes) is 3. The van der Waals surface area contributed by atoms with Crippen LogP contribution < -0.4 is 9.47 Å². The standard InChI is InChI=1S/C18H25NO3/c20-18(19-11-5-6-12-19)8-4-2-1-3-7-15-9-10-16-17(13-15)22-14-21-16/h9-10,13H,1-8,11-12,14H2. The maximum absolute atomic E-state index is 11.9. The van der Waals surface area contributed by atoms with Crippen molar-refractivity contribution < 1.29 is 14.3 Å². The average molecular weight is 303 g/mol. The molecule has 22 heavy (non-hydrogen) atoms. The molecule has 0 spiro atoms. The van der Waals surface area contributed by atoms with Gasteiger partial charge in [0.25, 0.3) is 0 Å². The number of hydrogen-bond donors (Lipinski definition) is 0. The predicted octanol–water partition coefficient (Wildman–Crippen LogP) is 3.53. The van der Waals surface area contributed by atoms with E-state index in [0.29, 0.717) is 12.7 Å². The lowest BCUT2D eigenvalue weighted by molar-refractivity contribution is -0.130. The molecule has 0 radical (unpaired) electrons. The third kappa shape index (κ3) is 3.93. The van der Waals surface area contributed by atoms with Crippen molar-refractivity contribution in [3.8, 4) is 11.5 Å². The van der Waals surface area contributed by atoms with E-state index in [9.17, 15) is 4.79 Å². The highest BCUT2D eigenvalue weighted by atomic mass is 16.7. The average Bonchev–Trinajstić information content (AvgIpc) is 3.20. The molecule has 1 aromatic carbocycles. The van der Waals surface area contributed by atoms with Gasteiger partial charge in [-0.15, -0.1) is 0 Å². The number of aryl methyl sites for hydroxylation is 1. The largest absolute Gasteiger partial charge is 0.454 e. The Kier molecular flexibility index (Phi) is 5.20. The summed E-state index contributed by atoms with van der Waals surface area (Å²) in [6.45, 7) is 2.29. The molecular formula is C18H25NO3. The van der Waals surface area contributed by atoms with Gasteiger partial charge in [0, 0.05) is 19.5 Å². The van der Waals surface area contributed by atoms with Crippen molar-refractivity contribution in [1.29, 1.82) is 0 Å². The zero-order valence-corrected chi connectivity index (χ0v) is 13.2. The van der Waals surface area contributed by atoms with Crippen LogP contribution >= 0.6 is 0 Å². The summed E-state index contributed by atoms with van der Waals surface area (Å²) in [5.74, 6) is 2.08. The monoisotopic (exact) mass is 303 g/mol. The topological polar surface area (TPSA) is 38.8 Å². The normalized spacial score (nSPS) is 16.3. The Morgan fingerprint density at radius 2 is 1.77 bits per heavy atom. The summed E-state index contributed by atoms with van der Waals surface area (Å²) in [5, 5.41) is 0. The van der Waals surface area contributed by atoms with Crippen molar-refractivity contribution in [3.63, 3.8) is 0 Å². The molecule has 0 aliphatic carbocycles. The Morgan fingerprint density at radius 1 is 1.00 bits per heavy atom. The van der Waals surface area contributed by atoms with Gasteiger partial charge < -0.3 is 14.4 Å². The van der Waals surface area contributed by atoms with E-state index in [1.165, 1.54) is 24.8 Å². The lowest BCUT2D eigenvalue weighted by Gasteiger charge is -2.14. The molecule has 0 unspecified atom stereocenters. The Labute approximate surface area is 132 Å². The molecule has 2 aliphatic rings. The zero-order chi connectivity index (χ0) is 15.2. The minimum Gasteiger partial charge on any atom is -0.454 e. The summed E-state index contributed by atoms with van der Waals surface area (Å²) in [6.07, 6.45) is 8.67. The number of carbonyl (C=O) groups excluding carboxylic acids is 1. The molecule has 4 nitrogen and oxygen atoms in total. The number of hydrogen-bond acceptors (Lipinski definition) is 3. The van der Waals surface area contributed by atoms with E-state index in [0.717, 1.165) is 56.7 Å². The molecule has 1 fully saturated rings. The van der Waals surface area contributed by atoms with Gasteiger partial charge in [-0.05, 0) is 49.8 Å². The van der Waals surface area contributed by atoms with Crippen molar-refractivity contribution in [2.24, 2.45) is 0 Å². The molecule has 0 aromatic heterocycles. The predicted molar refractivity (Wildman–Crippen MR) is 85.2 cm³/mol. The molecule has 0 atom stereocenters. The highest BCUT2D eigenvalue weighted by Crippen LogP contribution is 2.32. The molecule has 0 N–H and O–H groups in total. The Balaban J connectivity index is 1.28. The summed E-state index contributed by atoms with van der Waals surface area (Å²) in [6, 6.07) is 6.19. The van der Waals surface area contributed by atoms with Crippen LogP contribution in [0.15, 0.2) is 18.2 Å². The van der Waals surface area contributed by atoms with E-state index in [-0.39, 0.29) is 0 Å². The van der Waals surface area contributed by atoms with Crippen LogP contribution in [0.1, 0.15) is 50.5 Å². The fraction of sp³-hybridized carbons (Fsp3) is 0.611. The highest BCUT2D eigenvalue weighted by Gasteiger charge is 2.17. The van der Waals surface area contributed by atoms with E-state index in [1.54, 1.807) is 0 Å². The summed E-state index contributed by atoms with van der Waals surface area (Å²) >= 11 is 0. The number of benzene rings is 1. The van der Waals surface area contributed by atoms with Gasteiger partial charge in [-0.3, -0.25) is 4.79 Å². The fourth-order valence-electron chi connectivity index (χ4n) is 3.18. The lowest BCUT2D eigenvalue weighted by atomic mass is 10.0. The van der Waals surface area contributed by atoms with Crippen molar-refractivity contribution >= 4 is 5.91 Å². The quantitative estimate of drug-likeness (QED) is 0.723. The molecule has 1 saturated heterocycles. The second-order valence-electron chi connectivity index (χ2n) is 6.19. The number of rotatable bonds is 7. The Hall–Kier alpha value is -1.71. The van der Waals surface area contributed by atoms with E-state index in [1.807, 2.05) is 11.0 Å². The first-order valence-corrected chi connectivity index (χ1v) is 8.49. The Bertz CT molecular complexity index is 509. The van der Waals surface area contributed by atoms with Gasteiger partial charge in [-0.2, -0.15) is 0 Å². The summed E-state index contributed by atoms with van der Waals surface area (Å²) in [5.41, 5.74) is 1.30. The smallest absolute Gasteiger partial charge is 0.231 e. The molecule has 2 heterocycles. The van der Waals surface area contributed by atoms with Crippen LogP contribution in [0, 0.1) is 0 Å².